The van der Waals surface area contributed by atoms with Gasteiger partial charge in [0.15, 0.2) is 6.20 Å². The van der Waals surface area contributed by atoms with Crippen LogP contribution >= 0.6 is 0 Å². The number of pyridine rings is 1. The second-order valence-corrected chi connectivity index (χ2v) is 10.5. The van der Waals surface area contributed by atoms with Gasteiger partial charge in [0.25, 0.3) is 5.91 Å². The highest BCUT2D eigenvalue weighted by molar-refractivity contribution is 5.94. The summed E-state index contributed by atoms with van der Waals surface area (Å²) in [7, 11) is 0. The molecule has 2 aliphatic rings. The summed E-state index contributed by atoms with van der Waals surface area (Å²) in [6.45, 7) is 8.04. The summed E-state index contributed by atoms with van der Waals surface area (Å²) in [6.07, 6.45) is 6.31. The number of amides is 1. The summed E-state index contributed by atoms with van der Waals surface area (Å²) in [6, 6.07) is 11.6. The topological polar surface area (TPSA) is 67.2 Å². The van der Waals surface area contributed by atoms with Gasteiger partial charge in [-0.3, -0.25) is 4.79 Å². The Hall–Kier alpha value is -2.51. The molecule has 0 radical (unpaired) electrons. The van der Waals surface area contributed by atoms with Gasteiger partial charge in [0.2, 0.25) is 0 Å². The zero-order valence-electron chi connectivity index (χ0n) is 21.7. The van der Waals surface area contributed by atoms with E-state index < -0.39 is 11.8 Å². The number of β-amino-alcohol motifs (C(OH)–C–C–N with tert-alkyl or cyclic N) is 1. The lowest BCUT2D eigenvalue weighted by atomic mass is 9.94. The summed E-state index contributed by atoms with van der Waals surface area (Å²) in [5, 5.41) is 9.85. The van der Waals surface area contributed by atoms with E-state index in [1.165, 1.54) is 0 Å². The summed E-state index contributed by atoms with van der Waals surface area (Å²) in [4.78, 5) is 20.0. The van der Waals surface area contributed by atoms with E-state index in [-0.39, 0.29) is 5.91 Å². The smallest absolute Gasteiger partial charge is 0.366 e. The van der Waals surface area contributed by atoms with Gasteiger partial charge in [-0.05, 0) is 81.3 Å². The minimum absolute atomic E-state index is 0.0267. The number of nitrogens with zero attached hydrogens (tertiary/aromatic N) is 2. The molecule has 2 saturated heterocycles. The van der Waals surface area contributed by atoms with Crippen LogP contribution in [0.2, 0.25) is 0 Å². The summed E-state index contributed by atoms with van der Waals surface area (Å²) in [5.74, 6) is 1.19. The highest BCUT2D eigenvalue weighted by atomic mass is 19.1. The van der Waals surface area contributed by atoms with Crippen molar-refractivity contribution in [1.82, 2.24) is 9.80 Å². The largest absolute Gasteiger partial charge is 0.444 e. The summed E-state index contributed by atoms with van der Waals surface area (Å²) in [5.41, 5.74) is 1.62. The predicted molar refractivity (Wildman–Crippen MR) is 139 cm³/mol. The van der Waals surface area contributed by atoms with Gasteiger partial charge in [0.05, 0.1) is 18.8 Å². The number of hydrogen-bond acceptors (Lipinski definition) is 4. The van der Waals surface area contributed by atoms with Gasteiger partial charge in [-0.1, -0.05) is 26.0 Å². The van der Waals surface area contributed by atoms with E-state index in [1.54, 1.807) is 4.90 Å². The van der Waals surface area contributed by atoms with E-state index in [9.17, 15) is 14.3 Å². The molecule has 0 spiro atoms. The molecule has 4 rings (SSSR count). The number of carbonyl (C=O) groups excluding carboxylic acids is 1. The van der Waals surface area contributed by atoms with E-state index in [1.807, 2.05) is 56.4 Å². The van der Waals surface area contributed by atoms with Crippen molar-refractivity contribution in [3.63, 3.8) is 0 Å². The van der Waals surface area contributed by atoms with Gasteiger partial charge in [0, 0.05) is 30.8 Å². The lowest BCUT2D eigenvalue weighted by molar-refractivity contribution is -0.394. The second-order valence-electron chi connectivity index (χ2n) is 10.5. The first-order valence-electron chi connectivity index (χ1n) is 13.5. The normalized spacial score (nSPS) is 19.9. The van der Waals surface area contributed by atoms with Crippen molar-refractivity contribution in [2.75, 3.05) is 39.3 Å². The summed E-state index contributed by atoms with van der Waals surface area (Å²) >= 11 is 0. The fraction of sp³-hybridized carbons (Fsp3) is 0.586. The maximum atomic E-state index is 14.7. The van der Waals surface area contributed by atoms with Crippen molar-refractivity contribution in [3.05, 3.63) is 48.2 Å². The maximum absolute atomic E-state index is 14.7. The van der Waals surface area contributed by atoms with Gasteiger partial charge in [0.1, 0.15) is 5.67 Å². The van der Waals surface area contributed by atoms with Crippen LogP contribution in [0.4, 0.5) is 4.39 Å². The number of aliphatic hydroxyl groups excluding tert-OH is 1. The SMILES string of the molecule is CCC(F)(CC)CN1CCC(COc2ccc(-c3ccc(C(=O)N4CCC[C@@H](O)C4)cc3)c[nH+]2)CC1. The Balaban J connectivity index is 1.24. The third-order valence-corrected chi connectivity index (χ3v) is 7.89. The van der Waals surface area contributed by atoms with Crippen LogP contribution in [0.3, 0.4) is 0 Å². The van der Waals surface area contributed by atoms with Gasteiger partial charge in [-0.25, -0.2) is 4.39 Å². The highest BCUT2D eigenvalue weighted by Gasteiger charge is 2.30. The van der Waals surface area contributed by atoms with Gasteiger partial charge in [-0.2, -0.15) is 4.98 Å². The minimum atomic E-state index is -1.06. The fourth-order valence-electron chi connectivity index (χ4n) is 5.20. The predicted octanol–water partition coefficient (Wildman–Crippen LogP) is 4.38. The molecule has 1 aromatic heterocycles. The molecule has 6 nitrogen and oxygen atoms in total. The Morgan fingerprint density at radius 1 is 1.06 bits per heavy atom. The van der Waals surface area contributed by atoms with Crippen molar-refractivity contribution in [2.45, 2.75) is 64.1 Å². The molecule has 2 N–H and O–H groups in total. The second kappa shape index (κ2) is 12.2. The number of ether oxygens (including phenoxy) is 1. The third-order valence-electron chi connectivity index (χ3n) is 7.89. The van der Waals surface area contributed by atoms with Crippen molar-refractivity contribution in [3.8, 4) is 17.0 Å². The van der Waals surface area contributed by atoms with Crippen LogP contribution in [0, 0.1) is 5.92 Å². The number of aromatic amines is 1. The molecule has 1 aromatic carbocycles. The zero-order valence-corrected chi connectivity index (χ0v) is 21.7. The standard InChI is InChI=1S/C29H40FN3O3/c1-3-29(30,4-2)21-32-16-13-22(14-17-32)20-36-27-12-11-25(18-31-27)23-7-9-24(10-8-23)28(35)33-15-5-6-26(34)19-33/h7-12,18,22,26,34H,3-6,13-17,19-21H2,1-2H3/p+1/t26-/m1/s1. The fourth-order valence-corrected chi connectivity index (χ4v) is 5.20. The monoisotopic (exact) mass is 498 g/mol. The Labute approximate surface area is 214 Å². The molecule has 0 bridgehead atoms. The van der Waals surface area contributed by atoms with Crippen LogP contribution in [0.1, 0.15) is 62.7 Å². The number of nitrogens with one attached hydrogen (secondary N) is 1. The first kappa shape index (κ1) is 26.6. The molecule has 3 heterocycles. The van der Waals surface area contributed by atoms with Gasteiger partial charge >= 0.3 is 5.88 Å². The van der Waals surface area contributed by atoms with Crippen molar-refractivity contribution in [2.24, 2.45) is 5.92 Å². The van der Waals surface area contributed by atoms with Crippen LogP contribution in [0.15, 0.2) is 42.6 Å². The first-order valence-corrected chi connectivity index (χ1v) is 13.5. The molecule has 1 amide bonds. The Kier molecular flexibility index (Phi) is 8.96. The van der Waals surface area contributed by atoms with Gasteiger partial charge < -0.3 is 19.6 Å². The number of hydrogen-bond donors (Lipinski definition) is 1. The van der Waals surface area contributed by atoms with Crippen LogP contribution < -0.4 is 9.72 Å². The molecule has 2 aromatic rings. The quantitative estimate of drug-likeness (QED) is 0.557. The van der Waals surface area contributed by atoms with Crippen molar-refractivity contribution in [1.29, 1.82) is 0 Å². The first-order chi connectivity index (χ1) is 17.4. The molecule has 0 unspecified atom stereocenters. The molecular weight excluding hydrogens is 457 g/mol. The number of halogens is 1. The van der Waals surface area contributed by atoms with Crippen molar-refractivity contribution < 1.29 is 24.0 Å². The van der Waals surface area contributed by atoms with E-state index in [4.69, 9.17) is 4.74 Å². The van der Waals surface area contributed by atoms with E-state index in [2.05, 4.69) is 9.88 Å². The maximum Gasteiger partial charge on any atom is 0.366 e. The molecule has 2 fully saturated rings. The molecule has 1 atom stereocenters. The number of likely N-dealkylation sites (tertiary alicyclic amines) is 2. The highest BCUT2D eigenvalue weighted by Crippen LogP contribution is 2.26. The van der Waals surface area contributed by atoms with Gasteiger partial charge in [-0.15, -0.1) is 0 Å². The molecule has 196 valence electrons. The molecule has 2 aliphatic heterocycles. The number of aromatic nitrogens is 1. The van der Waals surface area contributed by atoms with Crippen molar-refractivity contribution >= 4 is 5.91 Å². The Bertz CT molecular complexity index is 970. The number of H-pyrrole nitrogens is 1. The van der Waals surface area contributed by atoms with Crippen LogP contribution in [-0.4, -0.2) is 71.9 Å². The van der Waals surface area contributed by atoms with Crippen LogP contribution in [0.25, 0.3) is 11.1 Å². The molecule has 7 heteroatoms. The lowest BCUT2D eigenvalue weighted by Crippen LogP contribution is -2.44. The number of aliphatic hydroxyl groups is 1. The average molecular weight is 499 g/mol. The number of rotatable bonds is 9. The van der Waals surface area contributed by atoms with Crippen LogP contribution in [-0.2, 0) is 0 Å². The molecule has 0 aliphatic carbocycles. The minimum Gasteiger partial charge on any atom is -0.444 e. The van der Waals surface area contributed by atoms with E-state index in [0.717, 1.165) is 55.8 Å². The number of benzene rings is 1. The molecule has 0 saturated carbocycles. The molecular formula is C29H41FN3O3+. The summed E-state index contributed by atoms with van der Waals surface area (Å²) < 4.78 is 20.7. The zero-order chi connectivity index (χ0) is 25.5. The van der Waals surface area contributed by atoms with E-state index in [0.29, 0.717) is 50.6 Å². The lowest BCUT2D eigenvalue weighted by Gasteiger charge is -2.36. The van der Waals surface area contributed by atoms with E-state index >= 15 is 0 Å². The third kappa shape index (κ3) is 6.83. The number of alkyl halides is 1. The average Bonchev–Trinajstić information content (AvgIpc) is 2.92. The Morgan fingerprint density at radius 2 is 1.75 bits per heavy atom. The van der Waals surface area contributed by atoms with Crippen LogP contribution in [0.5, 0.6) is 5.88 Å². The number of piperidine rings is 2. The number of carbonyl (C=O) groups is 1. The Morgan fingerprint density at radius 3 is 2.36 bits per heavy atom. The molecule has 36 heavy (non-hydrogen) atoms.